The van der Waals surface area contributed by atoms with Gasteiger partial charge in [0.15, 0.2) is 0 Å². The molecule has 182 valence electrons. The fraction of sp³-hybridized carbons (Fsp3) is 0.370. The fourth-order valence-electron chi connectivity index (χ4n) is 4.90. The van der Waals surface area contributed by atoms with Crippen LogP contribution in [0.4, 0.5) is 0 Å². The predicted octanol–water partition coefficient (Wildman–Crippen LogP) is 3.80. The van der Waals surface area contributed by atoms with Gasteiger partial charge in [-0.05, 0) is 66.4 Å². The molecule has 1 aliphatic heterocycles. The minimum absolute atomic E-state index is 0.165. The second kappa shape index (κ2) is 9.64. The lowest BCUT2D eigenvalue weighted by Crippen LogP contribution is -2.47. The van der Waals surface area contributed by atoms with E-state index in [0.717, 1.165) is 60.3 Å². The highest BCUT2D eigenvalue weighted by Gasteiger charge is 2.30. The summed E-state index contributed by atoms with van der Waals surface area (Å²) in [5.41, 5.74) is 10.6. The molecule has 3 heterocycles. The van der Waals surface area contributed by atoms with Crippen molar-refractivity contribution in [3.63, 3.8) is 0 Å². The molecular formula is C27H32N6O2. The number of likely N-dealkylation sites (tertiary alicyclic amines) is 1. The van der Waals surface area contributed by atoms with Crippen LogP contribution in [0.15, 0.2) is 48.7 Å². The van der Waals surface area contributed by atoms with Crippen molar-refractivity contribution < 1.29 is 9.84 Å². The van der Waals surface area contributed by atoms with Gasteiger partial charge in [-0.1, -0.05) is 13.0 Å². The first kappa shape index (κ1) is 23.3. The van der Waals surface area contributed by atoms with Gasteiger partial charge < -0.3 is 20.5 Å². The lowest BCUT2D eigenvalue weighted by atomic mass is 9.93. The zero-order valence-electron chi connectivity index (χ0n) is 20.5. The number of benzene rings is 2. The molecule has 2 aromatic heterocycles. The van der Waals surface area contributed by atoms with Gasteiger partial charge in [0.05, 0.1) is 18.5 Å². The molecule has 1 fully saturated rings. The third-order valence-corrected chi connectivity index (χ3v) is 6.80. The van der Waals surface area contributed by atoms with Crippen molar-refractivity contribution in [3.05, 3.63) is 54.4 Å². The van der Waals surface area contributed by atoms with Crippen LogP contribution >= 0.6 is 0 Å². The number of rotatable bonds is 8. The summed E-state index contributed by atoms with van der Waals surface area (Å²) in [5.74, 6) is 1.90. The van der Waals surface area contributed by atoms with Crippen LogP contribution in [-0.4, -0.2) is 63.3 Å². The largest absolute Gasteiger partial charge is 0.507 e. The van der Waals surface area contributed by atoms with E-state index in [1.165, 1.54) is 0 Å². The van der Waals surface area contributed by atoms with E-state index < -0.39 is 0 Å². The zero-order valence-corrected chi connectivity index (χ0v) is 20.5. The average molecular weight is 473 g/mol. The number of nitrogens with two attached hydrogens (primary N) is 1. The second-order valence-electron chi connectivity index (χ2n) is 9.59. The van der Waals surface area contributed by atoms with Crippen molar-refractivity contribution in [2.45, 2.75) is 19.3 Å². The summed E-state index contributed by atoms with van der Waals surface area (Å²) in [4.78, 5) is 2.45. The van der Waals surface area contributed by atoms with E-state index >= 15 is 0 Å². The lowest BCUT2D eigenvalue weighted by Gasteiger charge is -2.40. The molecule has 0 bridgehead atoms. The molecule has 0 aliphatic carbocycles. The van der Waals surface area contributed by atoms with Crippen molar-refractivity contribution in [2.75, 3.05) is 33.3 Å². The molecule has 3 N–H and O–H groups in total. The molecule has 1 atom stereocenters. The molecule has 2 aromatic carbocycles. The molecule has 35 heavy (non-hydrogen) atoms. The first-order valence-electron chi connectivity index (χ1n) is 12.1. The highest BCUT2D eigenvalue weighted by molar-refractivity contribution is 5.90. The van der Waals surface area contributed by atoms with Crippen molar-refractivity contribution in [2.24, 2.45) is 18.7 Å². The van der Waals surface area contributed by atoms with E-state index in [2.05, 4.69) is 27.1 Å². The Kier molecular flexibility index (Phi) is 6.40. The number of aryl methyl sites for hydroxylation is 1. The van der Waals surface area contributed by atoms with Crippen molar-refractivity contribution in [3.8, 4) is 33.9 Å². The normalized spacial score (nSPS) is 15.3. The third kappa shape index (κ3) is 4.72. The Morgan fingerprint density at radius 3 is 2.63 bits per heavy atom. The van der Waals surface area contributed by atoms with Crippen LogP contribution in [0.1, 0.15) is 25.0 Å². The van der Waals surface area contributed by atoms with Gasteiger partial charge in [0, 0.05) is 49.7 Å². The van der Waals surface area contributed by atoms with Crippen LogP contribution in [0, 0.1) is 5.92 Å². The van der Waals surface area contributed by atoms with Gasteiger partial charge in [-0.15, -0.1) is 0 Å². The number of nitrogens with zero attached hydrogens (tertiary/aromatic N) is 5. The van der Waals surface area contributed by atoms with E-state index in [-0.39, 0.29) is 5.75 Å². The first-order chi connectivity index (χ1) is 16.9. The maximum absolute atomic E-state index is 10.8. The van der Waals surface area contributed by atoms with Gasteiger partial charge in [0.25, 0.3) is 0 Å². The number of hydrogen-bond acceptors (Lipinski definition) is 7. The summed E-state index contributed by atoms with van der Waals surface area (Å²) in [7, 11) is 3.52. The number of methoxy groups -OCH3 is 1. The van der Waals surface area contributed by atoms with Gasteiger partial charge in [0.2, 0.25) is 0 Å². The van der Waals surface area contributed by atoms with E-state index in [0.29, 0.717) is 28.8 Å². The number of hydrogen-bond donors (Lipinski definition) is 2. The number of aromatic nitrogens is 4. The summed E-state index contributed by atoms with van der Waals surface area (Å²) in [6.45, 7) is 6.09. The van der Waals surface area contributed by atoms with Gasteiger partial charge in [0.1, 0.15) is 17.0 Å². The highest BCUT2D eigenvalue weighted by Crippen LogP contribution is 2.36. The minimum Gasteiger partial charge on any atom is -0.507 e. The maximum atomic E-state index is 10.8. The topological polar surface area (TPSA) is 102 Å². The summed E-state index contributed by atoms with van der Waals surface area (Å²) in [6, 6.07) is 13.6. The van der Waals surface area contributed by atoms with Gasteiger partial charge in [-0.3, -0.25) is 4.68 Å². The monoisotopic (exact) mass is 472 g/mol. The Hall–Kier alpha value is -3.49. The summed E-state index contributed by atoms with van der Waals surface area (Å²) in [5, 5.41) is 25.2. The molecular weight excluding hydrogens is 440 g/mol. The van der Waals surface area contributed by atoms with Crippen LogP contribution < -0.4 is 10.5 Å². The number of fused-ring (bicyclic) bond motifs is 1. The van der Waals surface area contributed by atoms with Crippen LogP contribution in [-0.2, 0) is 7.05 Å². The van der Waals surface area contributed by atoms with Crippen LogP contribution in [0.25, 0.3) is 33.3 Å². The number of ether oxygens (including phenoxy) is 1. The van der Waals surface area contributed by atoms with E-state index in [9.17, 15) is 5.11 Å². The molecule has 8 nitrogen and oxygen atoms in total. The van der Waals surface area contributed by atoms with E-state index in [4.69, 9.17) is 10.5 Å². The average Bonchev–Trinajstić information content (AvgIpc) is 3.21. The Labute approximate surface area is 205 Å². The molecule has 0 amide bonds. The van der Waals surface area contributed by atoms with E-state index in [1.54, 1.807) is 17.9 Å². The molecule has 0 spiro atoms. The molecule has 5 rings (SSSR count). The standard InChI is InChI=1S/C27H32N6O2/c1-17(8-9-28)13-33-15-21(16-33)23-6-7-24(30-29-23)22-5-4-18(11-25(22)34)19-10-20-14-32(2)31-27(20)26(12-19)35-3/h4-7,10-12,14,17,21,34H,8-9,13,15-16,28H2,1-3H3. The minimum atomic E-state index is 0.165. The van der Waals surface area contributed by atoms with Crippen molar-refractivity contribution in [1.82, 2.24) is 24.9 Å². The first-order valence-corrected chi connectivity index (χ1v) is 12.1. The van der Waals surface area contributed by atoms with Gasteiger partial charge in [-0.2, -0.15) is 15.3 Å². The van der Waals surface area contributed by atoms with Crippen LogP contribution in [0.2, 0.25) is 0 Å². The molecule has 0 saturated carbocycles. The van der Waals surface area contributed by atoms with E-state index in [1.807, 2.05) is 49.6 Å². The molecule has 1 unspecified atom stereocenters. The van der Waals surface area contributed by atoms with Crippen molar-refractivity contribution in [1.29, 1.82) is 0 Å². The second-order valence-corrected chi connectivity index (χ2v) is 9.59. The number of phenols is 1. The quantitative estimate of drug-likeness (QED) is 0.402. The van der Waals surface area contributed by atoms with Crippen LogP contribution in [0.5, 0.6) is 11.5 Å². The number of aromatic hydroxyl groups is 1. The molecule has 4 aromatic rings. The Morgan fingerprint density at radius 2 is 1.94 bits per heavy atom. The fourth-order valence-corrected chi connectivity index (χ4v) is 4.90. The molecule has 1 saturated heterocycles. The lowest BCUT2D eigenvalue weighted by molar-refractivity contribution is 0.123. The SMILES string of the molecule is COc1cc(-c2ccc(-c3ccc(C4CN(CC(C)CCN)C4)nn3)c(O)c2)cc2cn(C)nc12. The van der Waals surface area contributed by atoms with Crippen molar-refractivity contribution >= 4 is 10.9 Å². The highest BCUT2D eigenvalue weighted by atomic mass is 16.5. The molecule has 1 aliphatic rings. The predicted molar refractivity (Wildman–Crippen MR) is 137 cm³/mol. The van der Waals surface area contributed by atoms with Crippen LogP contribution in [0.3, 0.4) is 0 Å². The smallest absolute Gasteiger partial charge is 0.147 e. The summed E-state index contributed by atoms with van der Waals surface area (Å²) < 4.78 is 7.31. The maximum Gasteiger partial charge on any atom is 0.147 e. The Balaban J connectivity index is 1.31. The Bertz CT molecular complexity index is 1330. The third-order valence-electron chi connectivity index (χ3n) is 6.80. The zero-order chi connectivity index (χ0) is 24.5. The van der Waals surface area contributed by atoms with Gasteiger partial charge in [-0.25, -0.2) is 0 Å². The summed E-state index contributed by atoms with van der Waals surface area (Å²) >= 11 is 0. The number of phenolic OH excluding ortho intramolecular Hbond substituents is 1. The summed E-state index contributed by atoms with van der Waals surface area (Å²) in [6.07, 6.45) is 3.01. The molecule has 0 radical (unpaired) electrons. The van der Waals surface area contributed by atoms with Gasteiger partial charge >= 0.3 is 0 Å². The molecule has 8 heteroatoms. The Morgan fingerprint density at radius 1 is 1.11 bits per heavy atom.